The molecule has 4 aromatic rings. The average Bonchev–Trinajstić information content (AvgIpc) is 3.82. The van der Waals surface area contributed by atoms with E-state index in [0.717, 1.165) is 24.3 Å². The van der Waals surface area contributed by atoms with Crippen LogP contribution in [0, 0.1) is 0 Å². The molecule has 4 aromatic heterocycles. The van der Waals surface area contributed by atoms with E-state index in [2.05, 4.69) is 50.3 Å². The number of H-pyrrole nitrogens is 1. The highest BCUT2D eigenvalue weighted by Gasteiger charge is 2.52. The second-order valence-electron chi connectivity index (χ2n) is 11.4. The van der Waals surface area contributed by atoms with Crippen LogP contribution < -0.4 is 17.0 Å². The van der Waals surface area contributed by atoms with Gasteiger partial charge in [-0.05, 0) is 11.8 Å². The van der Waals surface area contributed by atoms with Gasteiger partial charge >= 0.3 is 30.2 Å². The van der Waals surface area contributed by atoms with Crippen LogP contribution in [0.1, 0.15) is 12.5 Å². The van der Waals surface area contributed by atoms with Crippen LogP contribution in [0.3, 0.4) is 0 Å². The fraction of sp³-hybridized carbons (Fsp3) is 0.524. The monoisotopic (exact) mass is 882 g/mol. The highest BCUT2D eigenvalue weighted by Crippen LogP contribution is 2.66. The molecular formula is C21H30N10O19P4S. The number of phosphoric ester groups is 1. The Morgan fingerprint density at radius 3 is 2.15 bits per heavy atom. The summed E-state index contributed by atoms with van der Waals surface area (Å²) in [6.07, 6.45) is -9.10. The molecule has 3 unspecified atom stereocenters. The van der Waals surface area contributed by atoms with Crippen molar-refractivity contribution >= 4 is 76.1 Å². The summed E-state index contributed by atoms with van der Waals surface area (Å²) in [4.78, 5) is 83.0. The Bertz CT molecular complexity index is 2320. The number of aromatic nitrogens is 8. The molecule has 2 fully saturated rings. The molecule has 11 atom stereocenters. The number of aliphatic hydroxyl groups is 2. The molecule has 6 heterocycles. The number of nitrogens with two attached hydrogens (primary N) is 2. The van der Waals surface area contributed by atoms with Gasteiger partial charge in [-0.1, -0.05) is 0 Å². The van der Waals surface area contributed by atoms with Crippen LogP contribution in [0.2, 0.25) is 0 Å². The molecule has 0 saturated carbocycles. The number of nitrogens with one attached hydrogen (secondary N) is 1. The molecule has 55 heavy (non-hydrogen) atoms. The smallest absolute Gasteiger partial charge is 0.387 e. The van der Waals surface area contributed by atoms with Crippen LogP contribution >= 0.6 is 30.2 Å². The Labute approximate surface area is 309 Å². The Kier molecular flexibility index (Phi) is 11.8. The largest absolute Gasteiger partial charge is 0.488 e. The number of hydrogen-bond donors (Lipinski definition) is 10. The van der Waals surface area contributed by atoms with Gasteiger partial charge in [0.25, 0.3) is 5.56 Å². The minimum atomic E-state index is -5.73. The molecule has 304 valence electrons. The Hall–Kier alpha value is -2.76. The molecule has 2 aliphatic rings. The lowest BCUT2D eigenvalue weighted by Gasteiger charge is -2.26. The maximum Gasteiger partial charge on any atom is 0.488 e. The van der Waals surface area contributed by atoms with Gasteiger partial charge in [0.15, 0.2) is 35.1 Å². The minimum absolute atomic E-state index is 0.0281. The SMILES string of the molecule is CO[C@@H]1[C@H](OP(=O)(O)OC[C@H]2O[C@@H](n3cnc4c(=O)[nH]c(N)nc43)[C@H](O)[C@@H]2O)[C@@H](COP(O)(=S)OP(=O)(O)OP(=O)(O)O)O[C@H]1n1cnc2c(N)ncnc21. The lowest BCUT2D eigenvalue weighted by molar-refractivity contribution is -0.0580. The topological polar surface area (TPSA) is 426 Å². The van der Waals surface area contributed by atoms with Gasteiger partial charge in [0.1, 0.15) is 48.5 Å². The molecule has 6 rings (SSSR count). The third-order valence-electron chi connectivity index (χ3n) is 7.76. The van der Waals surface area contributed by atoms with E-state index in [0.29, 0.717) is 0 Å². The lowest BCUT2D eigenvalue weighted by atomic mass is 10.1. The first kappa shape index (κ1) is 41.9. The molecule has 0 amide bonds. The second-order valence-corrected chi connectivity index (χ2v) is 18.6. The van der Waals surface area contributed by atoms with E-state index in [-0.39, 0.29) is 34.1 Å². The molecule has 34 heteroatoms. The number of imidazole rings is 2. The van der Waals surface area contributed by atoms with Crippen molar-refractivity contribution in [3.63, 3.8) is 0 Å². The number of nitrogens with zero attached hydrogens (tertiary/aromatic N) is 7. The normalized spacial score (nSPS) is 29.4. The predicted octanol–water partition coefficient (Wildman–Crippen LogP) is -2.38. The van der Waals surface area contributed by atoms with Crippen molar-refractivity contribution in [2.24, 2.45) is 0 Å². The van der Waals surface area contributed by atoms with Gasteiger partial charge < -0.3 is 64.9 Å². The minimum Gasteiger partial charge on any atom is -0.387 e. The van der Waals surface area contributed by atoms with Crippen LogP contribution in [-0.4, -0.2) is 131 Å². The summed E-state index contributed by atoms with van der Waals surface area (Å²) in [5, 5.41) is 21.5. The fourth-order valence-electron chi connectivity index (χ4n) is 5.55. The standard InChI is InChI=1S/C21H30N10O19P4S/c1-43-14-13(48-52(38,39)44-2-7-11(32)12(33)19(46-7)31-6-27-10-17(31)28-21(23)29-18(10)34)8(3-45-54(42,55)50-53(40,41)49-51(35,36)37)47-20(14)30-5-26-9-15(22)24-4-25-16(9)30/h4-8,11-14,19-20,32-33H,2-3H2,1H3,(H,38,39)(H,40,41)(H,42,55)(H2,22,24,25)(H2,35,36,37)(H3,23,28,29,34)/t7-,8-,11-,12-,13-,14-,19-,20-,54?/m1/s1. The van der Waals surface area contributed by atoms with E-state index in [9.17, 15) is 43.4 Å². The average molecular weight is 882 g/mol. The molecule has 0 aromatic carbocycles. The zero-order valence-corrected chi connectivity index (χ0v) is 31.7. The number of phosphoric acid groups is 3. The van der Waals surface area contributed by atoms with Gasteiger partial charge in [0.05, 0.1) is 25.9 Å². The highest BCUT2D eigenvalue weighted by atomic mass is 32.5. The highest BCUT2D eigenvalue weighted by molar-refractivity contribution is 8.08. The molecule has 0 aliphatic carbocycles. The van der Waals surface area contributed by atoms with Crippen LogP contribution in [0.4, 0.5) is 11.8 Å². The van der Waals surface area contributed by atoms with Crippen molar-refractivity contribution in [2.45, 2.75) is 49.1 Å². The van der Waals surface area contributed by atoms with E-state index in [1.54, 1.807) is 0 Å². The summed E-state index contributed by atoms with van der Waals surface area (Å²) in [5.41, 5.74) is 10.7. The molecule has 0 bridgehead atoms. The van der Waals surface area contributed by atoms with Crippen molar-refractivity contribution in [3.8, 4) is 0 Å². The Balaban J connectivity index is 1.21. The molecule has 0 spiro atoms. The number of rotatable bonds is 15. The first-order valence-electron chi connectivity index (χ1n) is 14.9. The van der Waals surface area contributed by atoms with Crippen LogP contribution in [0.25, 0.3) is 22.3 Å². The summed E-state index contributed by atoms with van der Waals surface area (Å²) in [5.74, 6) is -0.311. The van der Waals surface area contributed by atoms with E-state index in [1.807, 2.05) is 0 Å². The number of hydrogen-bond acceptors (Lipinski definition) is 22. The zero-order chi connectivity index (χ0) is 40.2. The van der Waals surface area contributed by atoms with Crippen molar-refractivity contribution < 1.29 is 84.8 Å². The summed E-state index contributed by atoms with van der Waals surface area (Å²) >= 11 is 4.67. The lowest BCUT2D eigenvalue weighted by Crippen LogP contribution is -2.38. The maximum atomic E-state index is 13.4. The van der Waals surface area contributed by atoms with Gasteiger partial charge in [-0.3, -0.25) is 28.0 Å². The quantitative estimate of drug-likeness (QED) is 0.0557. The third-order valence-corrected chi connectivity index (χ3v) is 13.5. The van der Waals surface area contributed by atoms with Crippen LogP contribution in [0.15, 0.2) is 23.8 Å². The molecule has 12 N–H and O–H groups in total. The Morgan fingerprint density at radius 2 is 1.47 bits per heavy atom. The van der Waals surface area contributed by atoms with E-state index in [4.69, 9.17) is 49.0 Å². The van der Waals surface area contributed by atoms with Crippen molar-refractivity contribution in [1.82, 2.24) is 39.0 Å². The van der Waals surface area contributed by atoms with Crippen molar-refractivity contribution in [2.75, 3.05) is 31.8 Å². The Morgan fingerprint density at radius 1 is 0.836 bits per heavy atom. The molecule has 29 nitrogen and oxygen atoms in total. The summed E-state index contributed by atoms with van der Waals surface area (Å²) in [7, 11) is -15.5. The zero-order valence-electron chi connectivity index (χ0n) is 27.3. The molecular weight excluding hydrogens is 852 g/mol. The second kappa shape index (κ2) is 15.5. The summed E-state index contributed by atoms with van der Waals surface area (Å²) < 4.78 is 79.5. The van der Waals surface area contributed by atoms with Gasteiger partial charge in [-0.2, -0.15) is 9.29 Å². The van der Waals surface area contributed by atoms with Crippen molar-refractivity contribution in [1.29, 1.82) is 0 Å². The molecule has 2 aliphatic heterocycles. The van der Waals surface area contributed by atoms with Gasteiger partial charge in [-0.25, -0.2) is 37.9 Å². The summed E-state index contributed by atoms with van der Waals surface area (Å²) in [6.45, 7) is -6.80. The first-order valence-corrected chi connectivity index (χ1v) is 22.0. The van der Waals surface area contributed by atoms with E-state index < -0.39 is 98.0 Å². The van der Waals surface area contributed by atoms with Gasteiger partial charge in [-0.15, -0.1) is 0 Å². The number of ether oxygens (including phenoxy) is 3. The number of anilines is 2. The predicted molar refractivity (Wildman–Crippen MR) is 180 cm³/mol. The van der Waals surface area contributed by atoms with E-state index in [1.165, 1.54) is 10.9 Å². The van der Waals surface area contributed by atoms with Gasteiger partial charge in [0, 0.05) is 7.11 Å². The van der Waals surface area contributed by atoms with E-state index >= 15 is 0 Å². The number of fused-ring (bicyclic) bond motifs is 2. The number of nitrogen functional groups attached to an aromatic ring is 2. The fourth-order valence-corrected chi connectivity index (χ4v) is 10.5. The van der Waals surface area contributed by atoms with Crippen LogP contribution in [-0.2, 0) is 61.9 Å². The number of aromatic amines is 1. The first-order chi connectivity index (χ1) is 25.6. The third kappa shape index (κ3) is 9.19. The van der Waals surface area contributed by atoms with Crippen molar-refractivity contribution in [3.05, 3.63) is 29.3 Å². The molecule has 0 radical (unpaired) electrons. The summed E-state index contributed by atoms with van der Waals surface area (Å²) in [6, 6.07) is 0. The molecule has 2 saturated heterocycles. The number of methoxy groups -OCH3 is 1. The maximum absolute atomic E-state index is 13.4. The van der Waals surface area contributed by atoms with Gasteiger partial charge in [0.2, 0.25) is 5.95 Å². The number of aliphatic hydroxyl groups excluding tert-OH is 2. The van der Waals surface area contributed by atoms with Crippen LogP contribution in [0.5, 0.6) is 0 Å².